The Morgan fingerprint density at radius 2 is 1.64 bits per heavy atom. The molecule has 0 spiro atoms. The van der Waals surface area contributed by atoms with E-state index < -0.39 is 29.9 Å². The second kappa shape index (κ2) is 9.34. The fourth-order valence-corrected chi connectivity index (χ4v) is 3.58. The van der Waals surface area contributed by atoms with Crippen molar-refractivity contribution in [2.45, 2.75) is 12.1 Å². The Hall–Kier alpha value is -1.71. The van der Waals surface area contributed by atoms with Gasteiger partial charge in [-0.05, 0) is 12.1 Å². The van der Waals surface area contributed by atoms with Crippen LogP contribution in [0.5, 0.6) is 0 Å². The molecule has 2 atom stereocenters. The molecule has 1 aromatic carbocycles. The zero-order valence-corrected chi connectivity index (χ0v) is 13.1. The van der Waals surface area contributed by atoms with Crippen molar-refractivity contribution in [3.05, 3.63) is 35.9 Å². The molecule has 2 unspecified atom stereocenters. The van der Waals surface area contributed by atoms with Gasteiger partial charge in [0.1, 0.15) is 12.1 Å². The molecule has 0 saturated carbocycles. The molecule has 0 bridgehead atoms. The van der Waals surface area contributed by atoms with Crippen LogP contribution in [0, 0.1) is 0 Å². The van der Waals surface area contributed by atoms with Gasteiger partial charge in [-0.3, -0.25) is 9.59 Å². The summed E-state index contributed by atoms with van der Waals surface area (Å²) in [5.41, 5.74) is 5.70. The molecule has 5 N–H and O–H groups in total. The van der Waals surface area contributed by atoms with Crippen molar-refractivity contribution < 1.29 is 24.6 Å². The Morgan fingerprint density at radius 1 is 1.05 bits per heavy atom. The molecule has 1 aromatic rings. The SMILES string of the molecule is NC(CSSCC(NC(=O)c1ccccc1)C(=O)O)C(=O)O. The molecular weight excluding hydrogens is 328 g/mol. The van der Waals surface area contributed by atoms with E-state index in [1.165, 1.54) is 0 Å². The van der Waals surface area contributed by atoms with E-state index >= 15 is 0 Å². The number of nitrogens with one attached hydrogen (secondary N) is 1. The number of benzene rings is 1. The maximum absolute atomic E-state index is 11.9. The van der Waals surface area contributed by atoms with E-state index in [1.54, 1.807) is 30.3 Å². The Bertz CT molecular complexity index is 526. The summed E-state index contributed by atoms with van der Waals surface area (Å²) < 4.78 is 0. The molecule has 0 radical (unpaired) electrons. The number of carbonyl (C=O) groups is 3. The third-order valence-electron chi connectivity index (χ3n) is 2.52. The maximum atomic E-state index is 11.9. The van der Waals surface area contributed by atoms with E-state index in [0.717, 1.165) is 21.6 Å². The number of carbonyl (C=O) groups excluding carboxylic acids is 1. The predicted molar refractivity (Wildman–Crippen MR) is 85.9 cm³/mol. The highest BCUT2D eigenvalue weighted by Crippen LogP contribution is 2.22. The van der Waals surface area contributed by atoms with Crippen molar-refractivity contribution in [3.63, 3.8) is 0 Å². The maximum Gasteiger partial charge on any atom is 0.327 e. The van der Waals surface area contributed by atoms with Crippen LogP contribution in [-0.2, 0) is 9.59 Å². The number of nitrogens with two attached hydrogens (primary N) is 1. The lowest BCUT2D eigenvalue weighted by Gasteiger charge is -2.14. The van der Waals surface area contributed by atoms with E-state index in [9.17, 15) is 14.4 Å². The fourth-order valence-electron chi connectivity index (χ4n) is 1.31. The summed E-state index contributed by atoms with van der Waals surface area (Å²) in [6.45, 7) is 0. The largest absolute Gasteiger partial charge is 0.480 e. The van der Waals surface area contributed by atoms with Crippen LogP contribution in [0.1, 0.15) is 10.4 Å². The zero-order valence-electron chi connectivity index (χ0n) is 11.5. The van der Waals surface area contributed by atoms with Crippen molar-refractivity contribution in [2.75, 3.05) is 11.5 Å². The number of amides is 1. The van der Waals surface area contributed by atoms with Gasteiger partial charge in [-0.2, -0.15) is 0 Å². The van der Waals surface area contributed by atoms with E-state index in [-0.39, 0.29) is 11.5 Å². The topological polar surface area (TPSA) is 130 Å². The number of carboxylic acid groups (broad SMARTS) is 2. The van der Waals surface area contributed by atoms with Crippen LogP contribution in [-0.4, -0.2) is 51.6 Å². The molecule has 0 fully saturated rings. The summed E-state index contributed by atoms with van der Waals surface area (Å²) in [6.07, 6.45) is 0. The van der Waals surface area contributed by atoms with Crippen molar-refractivity contribution in [1.29, 1.82) is 0 Å². The third-order valence-corrected chi connectivity index (χ3v) is 4.97. The molecule has 9 heteroatoms. The van der Waals surface area contributed by atoms with Crippen molar-refractivity contribution in [1.82, 2.24) is 5.32 Å². The lowest BCUT2D eigenvalue weighted by Crippen LogP contribution is -2.42. The predicted octanol–water partition coefficient (Wildman–Crippen LogP) is 0.663. The van der Waals surface area contributed by atoms with Gasteiger partial charge >= 0.3 is 11.9 Å². The van der Waals surface area contributed by atoms with Gasteiger partial charge in [0.05, 0.1) is 0 Å². The molecule has 0 aliphatic heterocycles. The summed E-state index contributed by atoms with van der Waals surface area (Å²) in [5, 5.41) is 20.2. The zero-order chi connectivity index (χ0) is 16.5. The number of carboxylic acids is 2. The standard InChI is InChI=1S/C13H16N2O5S2/c14-9(12(17)18)6-21-22-7-10(13(19)20)15-11(16)8-4-2-1-3-5-8/h1-5,9-10H,6-7,14H2,(H,15,16)(H,17,18)(H,19,20). The summed E-state index contributed by atoms with van der Waals surface area (Å²) in [7, 11) is 2.30. The minimum Gasteiger partial charge on any atom is -0.480 e. The molecular formula is C13H16N2O5S2. The highest BCUT2D eigenvalue weighted by atomic mass is 33.1. The van der Waals surface area contributed by atoms with E-state index in [0.29, 0.717) is 5.56 Å². The number of aliphatic carboxylic acids is 2. The van der Waals surface area contributed by atoms with E-state index in [1.807, 2.05) is 0 Å². The smallest absolute Gasteiger partial charge is 0.327 e. The van der Waals surface area contributed by atoms with Crippen LogP contribution >= 0.6 is 21.6 Å². The Labute approximate surface area is 135 Å². The number of rotatable bonds is 9. The highest BCUT2D eigenvalue weighted by molar-refractivity contribution is 8.76. The van der Waals surface area contributed by atoms with Crippen molar-refractivity contribution >= 4 is 39.4 Å². The normalized spacial score (nSPS) is 13.1. The first kappa shape index (κ1) is 18.3. The first-order valence-corrected chi connectivity index (χ1v) is 8.72. The molecule has 0 aromatic heterocycles. The second-order valence-electron chi connectivity index (χ2n) is 4.24. The minimum atomic E-state index is -1.15. The highest BCUT2D eigenvalue weighted by Gasteiger charge is 2.21. The quantitative estimate of drug-likeness (QED) is 0.380. The molecule has 0 heterocycles. The van der Waals surface area contributed by atoms with Gasteiger partial charge in [0.15, 0.2) is 0 Å². The molecule has 0 saturated heterocycles. The van der Waals surface area contributed by atoms with E-state index in [2.05, 4.69) is 5.32 Å². The summed E-state index contributed by atoms with van der Waals surface area (Å²) in [6, 6.07) is 6.23. The Morgan fingerprint density at radius 3 is 2.18 bits per heavy atom. The average Bonchev–Trinajstić information content (AvgIpc) is 2.50. The molecule has 7 nitrogen and oxygen atoms in total. The van der Waals surface area contributed by atoms with Crippen LogP contribution in [0.15, 0.2) is 30.3 Å². The van der Waals surface area contributed by atoms with E-state index in [4.69, 9.17) is 15.9 Å². The van der Waals surface area contributed by atoms with Gasteiger partial charge in [0.2, 0.25) is 0 Å². The van der Waals surface area contributed by atoms with Crippen LogP contribution in [0.3, 0.4) is 0 Å². The van der Waals surface area contributed by atoms with Crippen LogP contribution in [0.2, 0.25) is 0 Å². The Kier molecular flexibility index (Phi) is 7.78. The van der Waals surface area contributed by atoms with Gasteiger partial charge < -0.3 is 21.3 Å². The molecule has 0 aliphatic carbocycles. The van der Waals surface area contributed by atoms with Crippen LogP contribution in [0.4, 0.5) is 0 Å². The molecule has 1 rings (SSSR count). The fraction of sp³-hybridized carbons (Fsp3) is 0.308. The first-order chi connectivity index (χ1) is 10.4. The van der Waals surface area contributed by atoms with Gasteiger partial charge in [-0.1, -0.05) is 39.8 Å². The van der Waals surface area contributed by atoms with Gasteiger partial charge in [0, 0.05) is 17.1 Å². The molecule has 1 amide bonds. The minimum absolute atomic E-state index is 0.102. The van der Waals surface area contributed by atoms with Gasteiger partial charge in [0.25, 0.3) is 5.91 Å². The van der Waals surface area contributed by atoms with Crippen molar-refractivity contribution in [2.24, 2.45) is 5.73 Å². The molecule has 22 heavy (non-hydrogen) atoms. The number of hydrogen-bond donors (Lipinski definition) is 4. The monoisotopic (exact) mass is 344 g/mol. The molecule has 0 aliphatic rings. The lowest BCUT2D eigenvalue weighted by atomic mass is 10.2. The number of hydrogen-bond acceptors (Lipinski definition) is 6. The summed E-state index contributed by atoms with van der Waals surface area (Å²) in [5.74, 6) is -2.48. The second-order valence-corrected chi connectivity index (χ2v) is 6.80. The third kappa shape index (κ3) is 6.37. The lowest BCUT2D eigenvalue weighted by molar-refractivity contribution is -0.139. The Balaban J connectivity index is 2.44. The summed E-state index contributed by atoms with van der Waals surface area (Å²) in [4.78, 5) is 33.6. The van der Waals surface area contributed by atoms with Gasteiger partial charge in [-0.15, -0.1) is 0 Å². The summed E-state index contributed by atoms with van der Waals surface area (Å²) >= 11 is 0. The van der Waals surface area contributed by atoms with Gasteiger partial charge in [-0.25, -0.2) is 4.79 Å². The van der Waals surface area contributed by atoms with Crippen LogP contribution in [0.25, 0.3) is 0 Å². The first-order valence-electron chi connectivity index (χ1n) is 6.23. The average molecular weight is 344 g/mol. The van der Waals surface area contributed by atoms with Crippen LogP contribution < -0.4 is 11.1 Å². The molecule has 120 valence electrons. The van der Waals surface area contributed by atoms with Crippen molar-refractivity contribution in [3.8, 4) is 0 Å².